The quantitative estimate of drug-likeness (QED) is 0.793. The maximum Gasteiger partial charge on any atom is 0.252 e. The summed E-state index contributed by atoms with van der Waals surface area (Å²) in [4.78, 5) is 15.3. The molecule has 2 N–H and O–H groups in total. The van der Waals surface area contributed by atoms with Crippen LogP contribution in [0.4, 0.5) is 0 Å². The molecule has 92 valence electrons. The van der Waals surface area contributed by atoms with Gasteiger partial charge in [-0.1, -0.05) is 13.0 Å². The lowest BCUT2D eigenvalue weighted by atomic mass is 10.1. The van der Waals surface area contributed by atoms with Gasteiger partial charge < -0.3 is 10.3 Å². The van der Waals surface area contributed by atoms with E-state index in [0.29, 0.717) is 12.0 Å². The molecule has 0 fully saturated rings. The fourth-order valence-corrected chi connectivity index (χ4v) is 1.99. The number of amides is 1. The Hall–Kier alpha value is -2.21. The van der Waals surface area contributed by atoms with Crippen LogP contribution >= 0.6 is 0 Å². The van der Waals surface area contributed by atoms with E-state index in [4.69, 9.17) is 6.42 Å². The summed E-state index contributed by atoms with van der Waals surface area (Å²) in [5, 5.41) is 3.91. The first-order valence-electron chi connectivity index (χ1n) is 6.06. The van der Waals surface area contributed by atoms with Gasteiger partial charge in [-0.25, -0.2) is 0 Å². The smallest absolute Gasteiger partial charge is 0.252 e. The second-order valence-electron chi connectivity index (χ2n) is 4.23. The number of rotatable bonds is 4. The van der Waals surface area contributed by atoms with E-state index in [1.54, 1.807) is 0 Å². The van der Waals surface area contributed by atoms with E-state index in [1.807, 2.05) is 37.4 Å². The molecule has 0 bridgehead atoms. The molecule has 1 amide bonds. The zero-order valence-electron chi connectivity index (χ0n) is 10.4. The van der Waals surface area contributed by atoms with Crippen molar-refractivity contribution in [1.29, 1.82) is 0 Å². The summed E-state index contributed by atoms with van der Waals surface area (Å²) in [6.45, 7) is 2.01. The molecule has 2 rings (SSSR count). The van der Waals surface area contributed by atoms with E-state index < -0.39 is 0 Å². The molecule has 18 heavy (non-hydrogen) atoms. The normalized spacial score (nSPS) is 12.0. The van der Waals surface area contributed by atoms with Crippen molar-refractivity contribution in [3.63, 3.8) is 0 Å². The summed E-state index contributed by atoms with van der Waals surface area (Å²) < 4.78 is 0. The van der Waals surface area contributed by atoms with Gasteiger partial charge in [0.1, 0.15) is 0 Å². The van der Waals surface area contributed by atoms with E-state index in [2.05, 4.69) is 16.2 Å². The average Bonchev–Trinajstić information content (AvgIpc) is 2.85. The van der Waals surface area contributed by atoms with Crippen molar-refractivity contribution in [2.45, 2.75) is 25.8 Å². The summed E-state index contributed by atoms with van der Waals surface area (Å²) in [6, 6.07) is 7.60. The molecule has 1 unspecified atom stereocenters. The van der Waals surface area contributed by atoms with Gasteiger partial charge in [-0.2, -0.15) is 0 Å². The molecule has 0 saturated carbocycles. The molecular weight excluding hydrogens is 224 g/mol. The Bertz CT molecular complexity index is 592. The molecule has 0 aliphatic heterocycles. The fraction of sp³-hybridized carbons (Fsp3) is 0.267. The molecule has 1 aromatic heterocycles. The highest BCUT2D eigenvalue weighted by molar-refractivity contribution is 6.06. The van der Waals surface area contributed by atoms with Crippen molar-refractivity contribution in [3.05, 3.63) is 36.0 Å². The van der Waals surface area contributed by atoms with Crippen LogP contribution in [0.15, 0.2) is 30.5 Å². The molecule has 0 aliphatic rings. The zero-order chi connectivity index (χ0) is 13.0. The highest BCUT2D eigenvalue weighted by Crippen LogP contribution is 2.17. The molecule has 0 radical (unpaired) electrons. The van der Waals surface area contributed by atoms with Gasteiger partial charge in [0, 0.05) is 35.1 Å². The molecule has 3 heteroatoms. The SMILES string of the molecule is C#CCC(CC)NC(=O)c1cccc2[nH]ccc12. The highest BCUT2D eigenvalue weighted by Gasteiger charge is 2.13. The second-order valence-corrected chi connectivity index (χ2v) is 4.23. The number of H-pyrrole nitrogens is 1. The number of aromatic amines is 1. The van der Waals surface area contributed by atoms with Crippen molar-refractivity contribution in [2.24, 2.45) is 0 Å². The summed E-state index contributed by atoms with van der Waals surface area (Å²) >= 11 is 0. The number of terminal acetylenes is 1. The van der Waals surface area contributed by atoms with Gasteiger partial charge in [-0.3, -0.25) is 4.79 Å². The molecule has 0 saturated heterocycles. The number of fused-ring (bicyclic) bond motifs is 1. The molecule has 1 atom stereocenters. The Balaban J connectivity index is 2.23. The molecule has 1 heterocycles. The number of nitrogens with one attached hydrogen (secondary N) is 2. The minimum absolute atomic E-state index is 0.0386. The standard InChI is InChI=1S/C15H16N2O/c1-3-6-11(4-2)17-15(18)13-7-5-8-14-12(13)9-10-16-14/h1,5,7-11,16H,4,6H2,2H3,(H,17,18). The molecular formula is C15H16N2O. The minimum Gasteiger partial charge on any atom is -0.361 e. The maximum atomic E-state index is 12.2. The van der Waals surface area contributed by atoms with Crippen molar-refractivity contribution < 1.29 is 4.79 Å². The van der Waals surface area contributed by atoms with Crippen LogP contribution in [0.5, 0.6) is 0 Å². The van der Waals surface area contributed by atoms with Crippen LogP contribution in [0, 0.1) is 12.3 Å². The summed E-state index contributed by atoms with van der Waals surface area (Å²) in [7, 11) is 0. The van der Waals surface area contributed by atoms with Gasteiger partial charge in [0.2, 0.25) is 0 Å². The van der Waals surface area contributed by atoms with Gasteiger partial charge in [0.15, 0.2) is 0 Å². The number of hydrogen-bond donors (Lipinski definition) is 2. The summed E-state index contributed by atoms with van der Waals surface area (Å²) in [5.41, 5.74) is 1.65. The third-order valence-electron chi connectivity index (χ3n) is 3.03. The van der Waals surface area contributed by atoms with Crippen molar-refractivity contribution in [3.8, 4) is 12.3 Å². The van der Waals surface area contributed by atoms with Gasteiger partial charge in [-0.15, -0.1) is 12.3 Å². The van der Waals surface area contributed by atoms with Crippen LogP contribution in [0.2, 0.25) is 0 Å². The predicted molar refractivity (Wildman–Crippen MR) is 73.3 cm³/mol. The molecule has 0 aliphatic carbocycles. The van der Waals surface area contributed by atoms with Gasteiger partial charge >= 0.3 is 0 Å². The molecule has 3 nitrogen and oxygen atoms in total. The topological polar surface area (TPSA) is 44.9 Å². The molecule has 1 aromatic carbocycles. The van der Waals surface area contributed by atoms with Gasteiger partial charge in [0.05, 0.1) is 0 Å². The minimum atomic E-state index is -0.0673. The van der Waals surface area contributed by atoms with Crippen molar-refractivity contribution >= 4 is 16.8 Å². The van der Waals surface area contributed by atoms with Crippen LogP contribution in [-0.2, 0) is 0 Å². The number of carbonyl (C=O) groups is 1. The third-order valence-corrected chi connectivity index (χ3v) is 3.03. The van der Waals surface area contributed by atoms with Crippen molar-refractivity contribution in [2.75, 3.05) is 0 Å². The van der Waals surface area contributed by atoms with E-state index in [9.17, 15) is 4.79 Å². The Labute approximate surface area is 107 Å². The third kappa shape index (κ3) is 2.38. The Morgan fingerprint density at radius 1 is 1.50 bits per heavy atom. The lowest BCUT2D eigenvalue weighted by Crippen LogP contribution is -2.34. The van der Waals surface area contributed by atoms with Crippen LogP contribution in [0.25, 0.3) is 10.9 Å². The maximum absolute atomic E-state index is 12.2. The van der Waals surface area contributed by atoms with Crippen LogP contribution in [0.1, 0.15) is 30.1 Å². The van der Waals surface area contributed by atoms with E-state index in [1.165, 1.54) is 0 Å². The number of hydrogen-bond acceptors (Lipinski definition) is 1. The summed E-state index contributed by atoms with van der Waals surface area (Å²) in [6.07, 6.45) is 8.51. The lowest BCUT2D eigenvalue weighted by Gasteiger charge is -2.14. The molecule has 2 aromatic rings. The molecule has 0 spiro atoms. The Morgan fingerprint density at radius 3 is 3.06 bits per heavy atom. The highest BCUT2D eigenvalue weighted by atomic mass is 16.1. The zero-order valence-corrected chi connectivity index (χ0v) is 10.4. The van der Waals surface area contributed by atoms with E-state index >= 15 is 0 Å². The monoisotopic (exact) mass is 240 g/mol. The number of carbonyl (C=O) groups excluding carboxylic acids is 1. The summed E-state index contributed by atoms with van der Waals surface area (Å²) in [5.74, 6) is 2.52. The van der Waals surface area contributed by atoms with E-state index in [-0.39, 0.29) is 11.9 Å². The van der Waals surface area contributed by atoms with Crippen LogP contribution in [0.3, 0.4) is 0 Å². The van der Waals surface area contributed by atoms with Crippen LogP contribution < -0.4 is 5.32 Å². The Morgan fingerprint density at radius 2 is 2.33 bits per heavy atom. The Kier molecular flexibility index (Phi) is 3.69. The number of benzene rings is 1. The predicted octanol–water partition coefficient (Wildman–Crippen LogP) is 2.70. The van der Waals surface area contributed by atoms with E-state index in [0.717, 1.165) is 17.3 Å². The average molecular weight is 240 g/mol. The van der Waals surface area contributed by atoms with Gasteiger partial charge in [-0.05, 0) is 24.6 Å². The number of aromatic nitrogens is 1. The first kappa shape index (κ1) is 12.3. The van der Waals surface area contributed by atoms with Crippen molar-refractivity contribution in [1.82, 2.24) is 10.3 Å². The fourth-order valence-electron chi connectivity index (χ4n) is 1.99. The second kappa shape index (κ2) is 5.42. The lowest BCUT2D eigenvalue weighted by molar-refractivity contribution is 0.0938. The first-order chi connectivity index (χ1) is 8.76. The first-order valence-corrected chi connectivity index (χ1v) is 6.06. The largest absolute Gasteiger partial charge is 0.361 e. The van der Waals surface area contributed by atoms with Gasteiger partial charge in [0.25, 0.3) is 5.91 Å². The van der Waals surface area contributed by atoms with Crippen LogP contribution in [-0.4, -0.2) is 16.9 Å².